The summed E-state index contributed by atoms with van der Waals surface area (Å²) in [5.74, 6) is 2.58. The monoisotopic (exact) mass is 316 g/mol. The van der Waals surface area contributed by atoms with Crippen LogP contribution in [0, 0.1) is 0 Å². The lowest BCUT2D eigenvalue weighted by atomic mass is 9.84. The van der Waals surface area contributed by atoms with Gasteiger partial charge in [-0.25, -0.2) is 4.84 Å². The van der Waals surface area contributed by atoms with Crippen LogP contribution in [0.5, 0.6) is 11.5 Å². The van der Waals surface area contributed by atoms with Gasteiger partial charge >= 0.3 is 0 Å². The fourth-order valence-corrected chi connectivity index (χ4v) is 4.02. The van der Waals surface area contributed by atoms with Gasteiger partial charge in [-0.1, -0.05) is 29.8 Å². The molecule has 2 aliphatic heterocycles. The summed E-state index contributed by atoms with van der Waals surface area (Å²) >= 11 is 6.24. The van der Waals surface area contributed by atoms with Crippen molar-refractivity contribution in [2.45, 2.75) is 11.8 Å². The lowest BCUT2D eigenvalue weighted by Gasteiger charge is -2.25. The third-order valence-corrected chi connectivity index (χ3v) is 5.24. The van der Waals surface area contributed by atoms with E-state index in [2.05, 4.69) is 19.2 Å². The van der Waals surface area contributed by atoms with Gasteiger partial charge in [0, 0.05) is 16.1 Å². The molecule has 1 fully saturated rings. The van der Waals surface area contributed by atoms with Gasteiger partial charge < -0.3 is 4.74 Å². The number of hydrogen-bond acceptors (Lipinski definition) is 2. The van der Waals surface area contributed by atoms with Crippen molar-refractivity contribution in [1.82, 2.24) is 0 Å². The summed E-state index contributed by atoms with van der Waals surface area (Å²) in [5, 5.41) is 0.755. The van der Waals surface area contributed by atoms with Crippen LogP contribution in [0.2, 0.25) is 5.02 Å². The van der Waals surface area contributed by atoms with Crippen LogP contribution in [0.4, 0.5) is 0 Å². The molecule has 0 aliphatic carbocycles. The molecule has 2 heterocycles. The summed E-state index contributed by atoms with van der Waals surface area (Å²) in [6, 6.07) is 14.2. The SMILES string of the molecule is CO[N+]1(C)C[C@H]2c3ccccc3Oc3ccc(Cl)cc3[C@@H]2C1. The minimum atomic E-state index is 0.349. The molecule has 114 valence electrons. The second-order valence-electron chi connectivity index (χ2n) is 6.38. The number of hydrogen-bond donors (Lipinski definition) is 0. The van der Waals surface area contributed by atoms with E-state index in [-0.39, 0.29) is 0 Å². The number of quaternary nitrogens is 1. The summed E-state index contributed by atoms with van der Waals surface area (Å²) in [4.78, 5) is 5.76. The molecule has 1 saturated heterocycles. The molecule has 4 rings (SSSR count). The van der Waals surface area contributed by atoms with Crippen LogP contribution in [-0.2, 0) is 4.84 Å². The molecule has 4 heteroatoms. The van der Waals surface area contributed by atoms with Crippen LogP contribution >= 0.6 is 11.6 Å². The third kappa shape index (κ3) is 2.12. The summed E-state index contributed by atoms with van der Waals surface area (Å²) < 4.78 is 6.80. The van der Waals surface area contributed by atoms with E-state index in [0.29, 0.717) is 16.5 Å². The minimum absolute atomic E-state index is 0.349. The lowest BCUT2D eigenvalue weighted by molar-refractivity contribution is -1.08. The van der Waals surface area contributed by atoms with Crippen molar-refractivity contribution in [2.75, 3.05) is 27.2 Å². The first-order chi connectivity index (χ1) is 10.6. The molecule has 0 aromatic heterocycles. The van der Waals surface area contributed by atoms with E-state index in [4.69, 9.17) is 21.2 Å². The van der Waals surface area contributed by atoms with Gasteiger partial charge in [-0.3, -0.25) is 0 Å². The number of benzene rings is 2. The summed E-state index contributed by atoms with van der Waals surface area (Å²) in [6.45, 7) is 1.86. The van der Waals surface area contributed by atoms with E-state index >= 15 is 0 Å². The molecule has 0 amide bonds. The molecule has 0 saturated carbocycles. The van der Waals surface area contributed by atoms with Gasteiger partial charge in [0.25, 0.3) is 0 Å². The van der Waals surface area contributed by atoms with Crippen LogP contribution in [0.25, 0.3) is 0 Å². The molecule has 0 bridgehead atoms. The number of nitrogens with zero attached hydrogens (tertiary/aromatic N) is 1. The van der Waals surface area contributed by atoms with E-state index in [9.17, 15) is 0 Å². The zero-order chi connectivity index (χ0) is 15.3. The topological polar surface area (TPSA) is 18.5 Å². The van der Waals surface area contributed by atoms with Crippen LogP contribution < -0.4 is 4.74 Å². The van der Waals surface area contributed by atoms with Crippen molar-refractivity contribution < 1.29 is 14.2 Å². The second kappa shape index (κ2) is 4.98. The maximum atomic E-state index is 6.24. The molecule has 3 nitrogen and oxygen atoms in total. The van der Waals surface area contributed by atoms with Crippen LogP contribution in [0.3, 0.4) is 0 Å². The van der Waals surface area contributed by atoms with Gasteiger partial charge in [-0.05, 0) is 24.3 Å². The third-order valence-electron chi connectivity index (χ3n) is 5.00. The van der Waals surface area contributed by atoms with Gasteiger partial charge in [0.2, 0.25) is 0 Å². The van der Waals surface area contributed by atoms with Crippen molar-refractivity contribution in [2.24, 2.45) is 0 Å². The highest BCUT2D eigenvalue weighted by Gasteiger charge is 2.48. The van der Waals surface area contributed by atoms with Gasteiger partial charge in [0.05, 0.1) is 26.0 Å². The number of likely N-dealkylation sites (N-methyl/N-ethyl adjacent to an activating group) is 1. The zero-order valence-corrected chi connectivity index (χ0v) is 13.5. The molecule has 0 radical (unpaired) electrons. The predicted octanol–water partition coefficient (Wildman–Crippen LogP) is 4.33. The van der Waals surface area contributed by atoms with E-state index in [1.54, 1.807) is 7.11 Å². The molecule has 2 aliphatic rings. The van der Waals surface area contributed by atoms with Gasteiger partial charge in [-0.15, -0.1) is 0 Å². The largest absolute Gasteiger partial charge is 0.457 e. The molecule has 2 aromatic rings. The van der Waals surface area contributed by atoms with E-state index in [1.807, 2.05) is 30.3 Å². The fourth-order valence-electron chi connectivity index (χ4n) is 3.84. The Balaban J connectivity index is 1.91. The highest BCUT2D eigenvalue weighted by molar-refractivity contribution is 6.30. The highest BCUT2D eigenvalue weighted by atomic mass is 35.5. The van der Waals surface area contributed by atoms with E-state index < -0.39 is 0 Å². The Bertz CT molecular complexity index is 733. The average Bonchev–Trinajstić information content (AvgIpc) is 2.82. The molecular formula is C18H19ClNO2+. The second-order valence-corrected chi connectivity index (χ2v) is 6.82. The number of rotatable bonds is 1. The van der Waals surface area contributed by atoms with Crippen molar-refractivity contribution in [3.63, 3.8) is 0 Å². The molecular weight excluding hydrogens is 298 g/mol. The van der Waals surface area contributed by atoms with Crippen LogP contribution in [-0.4, -0.2) is 31.9 Å². The van der Waals surface area contributed by atoms with Gasteiger partial charge in [0.15, 0.2) is 0 Å². The normalized spacial score (nSPS) is 29.0. The standard InChI is InChI=1S/C18H19ClNO2/c1-20(21-2)10-15-13-5-3-4-6-17(13)22-18-8-7-12(19)9-14(18)16(15)11-20/h3-9,15-16H,10-11H2,1-2H3/q+1/t15-,16-,20?/m0/s1. The van der Waals surface area contributed by atoms with Crippen molar-refractivity contribution in [3.05, 3.63) is 58.6 Å². The van der Waals surface area contributed by atoms with Gasteiger partial charge in [-0.2, -0.15) is 4.65 Å². The predicted molar refractivity (Wildman–Crippen MR) is 86.4 cm³/mol. The molecule has 0 spiro atoms. The number of hydroxylamine groups is 3. The molecule has 22 heavy (non-hydrogen) atoms. The molecule has 3 atom stereocenters. The Morgan fingerprint density at radius 1 is 1.05 bits per heavy atom. The Morgan fingerprint density at radius 2 is 1.73 bits per heavy atom. The molecule has 1 unspecified atom stereocenters. The number of para-hydroxylation sites is 1. The van der Waals surface area contributed by atoms with Crippen molar-refractivity contribution in [1.29, 1.82) is 0 Å². The quantitative estimate of drug-likeness (QED) is 0.729. The molecule has 2 aromatic carbocycles. The first-order valence-corrected chi connectivity index (χ1v) is 7.94. The van der Waals surface area contributed by atoms with Gasteiger partial charge in [0.1, 0.15) is 24.6 Å². The Kier molecular flexibility index (Phi) is 3.19. The Hall–Kier alpha value is -1.55. The maximum Gasteiger partial charge on any atom is 0.131 e. The summed E-state index contributed by atoms with van der Waals surface area (Å²) in [6.07, 6.45) is 0. The summed E-state index contributed by atoms with van der Waals surface area (Å²) in [5.41, 5.74) is 2.45. The Morgan fingerprint density at radius 3 is 2.50 bits per heavy atom. The average molecular weight is 317 g/mol. The maximum absolute atomic E-state index is 6.24. The zero-order valence-electron chi connectivity index (χ0n) is 12.8. The van der Waals surface area contributed by atoms with E-state index in [0.717, 1.165) is 29.6 Å². The first kappa shape index (κ1) is 14.1. The fraction of sp³-hybridized carbons (Fsp3) is 0.333. The smallest absolute Gasteiger partial charge is 0.131 e. The van der Waals surface area contributed by atoms with Crippen molar-refractivity contribution >= 4 is 11.6 Å². The lowest BCUT2D eigenvalue weighted by Crippen LogP contribution is -2.40. The summed E-state index contributed by atoms with van der Waals surface area (Å²) in [7, 11) is 3.93. The van der Waals surface area contributed by atoms with E-state index in [1.165, 1.54) is 11.1 Å². The Labute approximate surface area is 135 Å². The van der Waals surface area contributed by atoms with Crippen LogP contribution in [0.15, 0.2) is 42.5 Å². The molecule has 0 N–H and O–H groups in total. The number of likely N-dealkylation sites (tertiary alicyclic amines) is 1. The number of ether oxygens (including phenoxy) is 1. The number of fused-ring (bicyclic) bond motifs is 5. The highest BCUT2D eigenvalue weighted by Crippen LogP contribution is 2.51. The minimum Gasteiger partial charge on any atom is -0.457 e. The number of halogens is 1. The van der Waals surface area contributed by atoms with Crippen LogP contribution in [0.1, 0.15) is 23.0 Å². The first-order valence-electron chi connectivity index (χ1n) is 7.56. The van der Waals surface area contributed by atoms with Crippen molar-refractivity contribution in [3.8, 4) is 11.5 Å².